The topological polar surface area (TPSA) is 46.9 Å². The lowest BCUT2D eigenvalue weighted by Gasteiger charge is -2.07. The Kier molecular flexibility index (Phi) is 3.46. The van der Waals surface area contributed by atoms with Gasteiger partial charge in [0, 0.05) is 13.1 Å². The largest absolute Gasteiger partial charge is 0.387 e. The summed E-state index contributed by atoms with van der Waals surface area (Å²) in [6.45, 7) is 4.61. The Morgan fingerprint density at radius 1 is 1.17 bits per heavy atom. The molecule has 0 amide bonds. The summed E-state index contributed by atoms with van der Waals surface area (Å²) in [6.07, 6.45) is 1.66. The molecule has 0 saturated heterocycles. The van der Waals surface area contributed by atoms with E-state index < -0.39 is 0 Å². The molecule has 4 heteroatoms. The summed E-state index contributed by atoms with van der Waals surface area (Å²) in [5.41, 5.74) is 4.13. The van der Waals surface area contributed by atoms with Crippen LogP contribution < -0.4 is 10.9 Å². The van der Waals surface area contributed by atoms with Crippen LogP contribution in [0.2, 0.25) is 0 Å². The van der Waals surface area contributed by atoms with E-state index >= 15 is 0 Å². The van der Waals surface area contributed by atoms with Gasteiger partial charge in [0.15, 0.2) is 0 Å². The second-order valence-electron chi connectivity index (χ2n) is 4.49. The highest BCUT2D eigenvalue weighted by Gasteiger charge is 2.02. The summed E-state index contributed by atoms with van der Waals surface area (Å²) in [5.74, 6) is 0. The number of hydrogen-bond donors (Lipinski definition) is 1. The van der Waals surface area contributed by atoms with Crippen LogP contribution in [0.5, 0.6) is 0 Å². The van der Waals surface area contributed by atoms with Gasteiger partial charge >= 0.3 is 0 Å². The highest BCUT2D eigenvalue weighted by atomic mass is 16.1. The van der Waals surface area contributed by atoms with E-state index in [-0.39, 0.29) is 5.56 Å². The van der Waals surface area contributed by atoms with Crippen molar-refractivity contribution in [2.45, 2.75) is 20.4 Å². The normalized spacial score (nSPS) is 10.4. The number of benzene rings is 1. The van der Waals surface area contributed by atoms with Crippen molar-refractivity contribution >= 4 is 5.69 Å². The molecule has 18 heavy (non-hydrogen) atoms. The zero-order valence-corrected chi connectivity index (χ0v) is 10.9. The SMILES string of the molecule is CNc1cnn(Cc2cc(C)cc(C)c2)c(=O)c1. The Labute approximate surface area is 106 Å². The number of rotatable bonds is 3. The van der Waals surface area contributed by atoms with Crippen molar-refractivity contribution in [2.24, 2.45) is 0 Å². The molecule has 0 bridgehead atoms. The van der Waals surface area contributed by atoms with Crippen molar-refractivity contribution < 1.29 is 0 Å². The van der Waals surface area contributed by atoms with Crippen LogP contribution in [0.25, 0.3) is 0 Å². The van der Waals surface area contributed by atoms with Crippen LogP contribution in [-0.2, 0) is 6.54 Å². The third-order valence-electron chi connectivity index (χ3n) is 2.77. The first-order valence-corrected chi connectivity index (χ1v) is 5.90. The molecule has 0 aliphatic rings. The van der Waals surface area contributed by atoms with Gasteiger partial charge in [-0.1, -0.05) is 29.3 Å². The highest BCUT2D eigenvalue weighted by Crippen LogP contribution is 2.09. The Morgan fingerprint density at radius 2 is 1.83 bits per heavy atom. The lowest BCUT2D eigenvalue weighted by Crippen LogP contribution is -2.22. The first-order chi connectivity index (χ1) is 8.58. The third-order valence-corrected chi connectivity index (χ3v) is 2.77. The van der Waals surface area contributed by atoms with Gasteiger partial charge in [-0.25, -0.2) is 4.68 Å². The average molecular weight is 243 g/mol. The van der Waals surface area contributed by atoms with Crippen LogP contribution in [0.15, 0.2) is 35.3 Å². The van der Waals surface area contributed by atoms with Crippen LogP contribution in [0, 0.1) is 13.8 Å². The molecule has 94 valence electrons. The van der Waals surface area contributed by atoms with Gasteiger partial charge in [0.05, 0.1) is 18.4 Å². The van der Waals surface area contributed by atoms with E-state index in [9.17, 15) is 4.79 Å². The fourth-order valence-electron chi connectivity index (χ4n) is 2.02. The summed E-state index contributed by atoms with van der Waals surface area (Å²) in [6, 6.07) is 7.82. The van der Waals surface area contributed by atoms with Gasteiger partial charge in [-0.05, 0) is 19.4 Å². The maximum absolute atomic E-state index is 11.8. The second-order valence-corrected chi connectivity index (χ2v) is 4.49. The number of aryl methyl sites for hydroxylation is 2. The van der Waals surface area contributed by atoms with Gasteiger partial charge in [-0.2, -0.15) is 5.10 Å². The molecule has 4 nitrogen and oxygen atoms in total. The summed E-state index contributed by atoms with van der Waals surface area (Å²) < 4.78 is 1.47. The Balaban J connectivity index is 2.31. The van der Waals surface area contributed by atoms with Crippen molar-refractivity contribution in [3.05, 3.63) is 57.5 Å². The maximum atomic E-state index is 11.8. The van der Waals surface area contributed by atoms with Crippen LogP contribution >= 0.6 is 0 Å². The molecule has 0 radical (unpaired) electrons. The van der Waals surface area contributed by atoms with Crippen LogP contribution in [0.4, 0.5) is 5.69 Å². The molecule has 0 saturated carbocycles. The molecule has 1 heterocycles. The Bertz CT molecular complexity index is 596. The zero-order chi connectivity index (χ0) is 13.1. The van der Waals surface area contributed by atoms with Crippen LogP contribution in [-0.4, -0.2) is 16.8 Å². The summed E-state index contributed by atoms with van der Waals surface area (Å²) >= 11 is 0. The first kappa shape index (κ1) is 12.4. The van der Waals surface area contributed by atoms with Crippen molar-refractivity contribution in [1.29, 1.82) is 0 Å². The minimum absolute atomic E-state index is 0.0963. The van der Waals surface area contributed by atoms with Crippen molar-refractivity contribution in [2.75, 3.05) is 12.4 Å². The highest BCUT2D eigenvalue weighted by molar-refractivity contribution is 5.37. The molecule has 0 fully saturated rings. The molecule has 0 aliphatic heterocycles. The predicted molar refractivity (Wildman–Crippen MR) is 73.1 cm³/mol. The van der Waals surface area contributed by atoms with Gasteiger partial charge in [0.1, 0.15) is 0 Å². The van der Waals surface area contributed by atoms with Gasteiger partial charge in [-0.3, -0.25) is 4.79 Å². The number of anilines is 1. The van der Waals surface area contributed by atoms with Crippen molar-refractivity contribution in [3.63, 3.8) is 0 Å². The summed E-state index contributed by atoms with van der Waals surface area (Å²) in [7, 11) is 1.77. The lowest BCUT2D eigenvalue weighted by atomic mass is 10.1. The Morgan fingerprint density at radius 3 is 2.39 bits per heavy atom. The van der Waals surface area contributed by atoms with Crippen molar-refractivity contribution in [3.8, 4) is 0 Å². The fraction of sp³-hybridized carbons (Fsp3) is 0.286. The fourth-order valence-corrected chi connectivity index (χ4v) is 2.02. The molecule has 2 aromatic rings. The van der Waals surface area contributed by atoms with E-state index in [0.29, 0.717) is 6.54 Å². The minimum atomic E-state index is -0.0963. The number of nitrogens with zero attached hydrogens (tertiary/aromatic N) is 2. The molecule has 0 unspecified atom stereocenters. The molecular formula is C14H17N3O. The van der Waals surface area contributed by atoms with E-state index in [4.69, 9.17) is 0 Å². The predicted octanol–water partition coefficient (Wildman–Crippen LogP) is 1.95. The van der Waals surface area contributed by atoms with E-state index in [1.807, 2.05) is 0 Å². The maximum Gasteiger partial charge on any atom is 0.269 e. The molecule has 1 aromatic heterocycles. The Hall–Kier alpha value is -2.10. The quantitative estimate of drug-likeness (QED) is 0.896. The smallest absolute Gasteiger partial charge is 0.269 e. The van der Waals surface area contributed by atoms with Crippen LogP contribution in [0.3, 0.4) is 0 Å². The molecule has 0 atom stereocenters. The molecule has 2 rings (SSSR count). The number of hydrogen-bond acceptors (Lipinski definition) is 3. The second kappa shape index (κ2) is 5.04. The molecule has 0 spiro atoms. The first-order valence-electron chi connectivity index (χ1n) is 5.90. The number of aromatic nitrogens is 2. The lowest BCUT2D eigenvalue weighted by molar-refractivity contribution is 0.639. The van der Waals surface area contributed by atoms with Gasteiger partial charge in [0.2, 0.25) is 0 Å². The summed E-state index contributed by atoms with van der Waals surface area (Å²) in [5, 5.41) is 7.05. The van der Waals surface area contributed by atoms with Crippen molar-refractivity contribution in [1.82, 2.24) is 9.78 Å². The van der Waals surface area contributed by atoms with Gasteiger partial charge in [-0.15, -0.1) is 0 Å². The van der Waals surface area contributed by atoms with E-state index in [1.54, 1.807) is 19.3 Å². The average Bonchev–Trinajstić information content (AvgIpc) is 2.30. The summed E-state index contributed by atoms with van der Waals surface area (Å²) in [4.78, 5) is 11.8. The van der Waals surface area contributed by atoms with Gasteiger partial charge in [0.25, 0.3) is 5.56 Å². The van der Waals surface area contributed by atoms with Crippen LogP contribution in [0.1, 0.15) is 16.7 Å². The van der Waals surface area contributed by atoms with E-state index in [1.165, 1.54) is 15.8 Å². The molecule has 1 N–H and O–H groups in total. The zero-order valence-electron chi connectivity index (χ0n) is 10.9. The molecular weight excluding hydrogens is 226 g/mol. The third kappa shape index (κ3) is 2.77. The van der Waals surface area contributed by atoms with Gasteiger partial charge < -0.3 is 5.32 Å². The minimum Gasteiger partial charge on any atom is -0.387 e. The number of nitrogens with one attached hydrogen (secondary N) is 1. The van der Waals surface area contributed by atoms with E-state index in [2.05, 4.69) is 42.5 Å². The monoisotopic (exact) mass is 243 g/mol. The van der Waals surface area contributed by atoms with E-state index in [0.717, 1.165) is 11.3 Å². The molecule has 1 aromatic carbocycles. The molecule has 0 aliphatic carbocycles. The standard InChI is InChI=1S/C14H17N3O/c1-10-4-11(2)6-12(5-10)9-17-14(18)7-13(15-3)8-16-17/h4-8,15H,9H2,1-3H3.